The van der Waals surface area contributed by atoms with Gasteiger partial charge in [-0.05, 0) is 30.9 Å². The van der Waals surface area contributed by atoms with E-state index in [2.05, 4.69) is 41.8 Å². The van der Waals surface area contributed by atoms with Crippen LogP contribution in [0.15, 0.2) is 30.3 Å². The first-order valence-corrected chi connectivity index (χ1v) is 9.14. The summed E-state index contributed by atoms with van der Waals surface area (Å²) < 4.78 is 0. The van der Waals surface area contributed by atoms with Gasteiger partial charge in [0.15, 0.2) is 0 Å². The average Bonchev–Trinajstić information content (AvgIpc) is 2.61. The number of hydrogen-bond donors (Lipinski definition) is 1. The van der Waals surface area contributed by atoms with Crippen molar-refractivity contribution < 1.29 is 5.11 Å². The van der Waals surface area contributed by atoms with E-state index in [1.165, 1.54) is 0 Å². The van der Waals surface area contributed by atoms with Crippen LogP contribution in [0.1, 0.15) is 32.3 Å². The molecule has 4 heteroatoms. The van der Waals surface area contributed by atoms with E-state index in [-0.39, 0.29) is 12.0 Å². The van der Waals surface area contributed by atoms with Crippen molar-refractivity contribution in [2.24, 2.45) is 5.92 Å². The minimum atomic E-state index is -0.389. The quantitative estimate of drug-likeness (QED) is 0.796. The summed E-state index contributed by atoms with van der Waals surface area (Å²) in [5.41, 5.74) is 0.759. The molecular formula is C20H31N3O. The Morgan fingerprint density at radius 2 is 1.67 bits per heavy atom. The third kappa shape index (κ3) is 4.57. The van der Waals surface area contributed by atoms with E-state index in [0.29, 0.717) is 5.92 Å². The van der Waals surface area contributed by atoms with Crippen molar-refractivity contribution in [1.29, 1.82) is 5.26 Å². The fourth-order valence-electron chi connectivity index (χ4n) is 3.71. The Kier molecular flexibility index (Phi) is 7.23. The van der Waals surface area contributed by atoms with E-state index < -0.39 is 0 Å². The maximum Gasteiger partial charge on any atom is 0.0845 e. The lowest BCUT2D eigenvalue weighted by molar-refractivity contribution is 0.110. The zero-order chi connectivity index (χ0) is 17.4. The van der Waals surface area contributed by atoms with Gasteiger partial charge in [-0.25, -0.2) is 0 Å². The van der Waals surface area contributed by atoms with Crippen LogP contribution < -0.4 is 0 Å². The highest BCUT2D eigenvalue weighted by atomic mass is 16.3. The van der Waals surface area contributed by atoms with Crippen LogP contribution in [0.4, 0.5) is 0 Å². The molecule has 1 unspecified atom stereocenters. The number of nitriles is 1. The molecule has 0 amide bonds. The summed E-state index contributed by atoms with van der Waals surface area (Å²) in [6.07, 6.45) is 1.95. The molecule has 0 bridgehead atoms. The van der Waals surface area contributed by atoms with Crippen LogP contribution >= 0.6 is 0 Å². The van der Waals surface area contributed by atoms with Crippen molar-refractivity contribution in [2.45, 2.75) is 32.1 Å². The second kappa shape index (κ2) is 9.17. The highest BCUT2D eigenvalue weighted by molar-refractivity contribution is 5.33. The van der Waals surface area contributed by atoms with E-state index in [1.807, 2.05) is 18.2 Å². The highest BCUT2D eigenvalue weighted by Crippen LogP contribution is 2.36. The van der Waals surface area contributed by atoms with Gasteiger partial charge in [-0.1, -0.05) is 44.2 Å². The molecule has 1 aromatic rings. The van der Waals surface area contributed by atoms with Crippen LogP contribution in [-0.4, -0.2) is 60.8 Å². The summed E-state index contributed by atoms with van der Waals surface area (Å²) in [5.74, 6) is 0.298. The minimum absolute atomic E-state index is 0.246. The zero-order valence-electron chi connectivity index (χ0n) is 15.1. The lowest BCUT2D eigenvalue weighted by Crippen LogP contribution is -2.47. The lowest BCUT2D eigenvalue weighted by atomic mass is 9.70. The molecule has 1 N–H and O–H groups in total. The molecule has 1 saturated heterocycles. The maximum absolute atomic E-state index is 9.94. The van der Waals surface area contributed by atoms with Gasteiger partial charge in [0.05, 0.1) is 18.1 Å². The molecule has 4 nitrogen and oxygen atoms in total. The molecular weight excluding hydrogens is 298 g/mol. The average molecular weight is 329 g/mol. The highest BCUT2D eigenvalue weighted by Gasteiger charge is 2.35. The third-order valence-electron chi connectivity index (χ3n) is 5.40. The van der Waals surface area contributed by atoms with E-state index >= 15 is 0 Å². The van der Waals surface area contributed by atoms with Crippen molar-refractivity contribution in [3.05, 3.63) is 35.9 Å². The molecule has 1 heterocycles. The second-order valence-electron chi connectivity index (χ2n) is 7.11. The molecule has 1 aliphatic rings. The molecule has 1 fully saturated rings. The SMILES string of the molecule is CC(C)C(C#N)(CCCN1CCN(CCO)CC1)c1ccccc1. The molecule has 24 heavy (non-hydrogen) atoms. The van der Waals surface area contributed by atoms with Crippen LogP contribution in [0.5, 0.6) is 0 Å². The van der Waals surface area contributed by atoms with Crippen molar-refractivity contribution in [1.82, 2.24) is 9.80 Å². The molecule has 0 aliphatic carbocycles. The summed E-state index contributed by atoms with van der Waals surface area (Å²) in [4.78, 5) is 4.80. The Labute approximate surface area is 146 Å². The number of rotatable bonds is 8. The molecule has 1 atom stereocenters. The van der Waals surface area contributed by atoms with Gasteiger partial charge in [-0.15, -0.1) is 0 Å². The number of nitrogens with zero attached hydrogens (tertiary/aromatic N) is 3. The van der Waals surface area contributed by atoms with Gasteiger partial charge in [0.2, 0.25) is 0 Å². The Morgan fingerprint density at radius 3 is 2.17 bits per heavy atom. The molecule has 132 valence electrons. The van der Waals surface area contributed by atoms with E-state index in [0.717, 1.165) is 57.7 Å². The smallest absolute Gasteiger partial charge is 0.0845 e. The number of piperazine rings is 1. The van der Waals surface area contributed by atoms with Crippen molar-refractivity contribution in [3.8, 4) is 6.07 Å². The summed E-state index contributed by atoms with van der Waals surface area (Å²) in [6, 6.07) is 12.9. The fourth-order valence-corrected chi connectivity index (χ4v) is 3.71. The number of aliphatic hydroxyl groups excluding tert-OH is 1. The largest absolute Gasteiger partial charge is 0.395 e. The molecule has 0 radical (unpaired) electrons. The third-order valence-corrected chi connectivity index (χ3v) is 5.40. The lowest BCUT2D eigenvalue weighted by Gasteiger charge is -2.36. The molecule has 2 rings (SSSR count). The Bertz CT molecular complexity index is 517. The predicted molar refractivity (Wildman–Crippen MR) is 97.8 cm³/mol. The Hall–Kier alpha value is -1.41. The first-order valence-electron chi connectivity index (χ1n) is 9.14. The van der Waals surface area contributed by atoms with Crippen LogP contribution in [0, 0.1) is 17.2 Å². The first kappa shape index (κ1) is 18.9. The first-order chi connectivity index (χ1) is 11.6. The van der Waals surface area contributed by atoms with Crippen molar-refractivity contribution in [2.75, 3.05) is 45.9 Å². The predicted octanol–water partition coefficient (Wildman–Crippen LogP) is 2.49. The van der Waals surface area contributed by atoms with Crippen LogP contribution in [0.25, 0.3) is 0 Å². The van der Waals surface area contributed by atoms with Crippen molar-refractivity contribution >= 4 is 0 Å². The molecule has 0 saturated carbocycles. The van der Waals surface area contributed by atoms with Crippen LogP contribution in [0.2, 0.25) is 0 Å². The molecule has 0 spiro atoms. The molecule has 0 aromatic heterocycles. The van der Waals surface area contributed by atoms with E-state index in [9.17, 15) is 5.26 Å². The number of aliphatic hydroxyl groups is 1. The number of β-amino-alcohol motifs (C(OH)–C–C–N with tert-alkyl or cyclic N) is 1. The fraction of sp³-hybridized carbons (Fsp3) is 0.650. The number of benzene rings is 1. The van der Waals surface area contributed by atoms with Crippen LogP contribution in [0.3, 0.4) is 0 Å². The van der Waals surface area contributed by atoms with Gasteiger partial charge >= 0.3 is 0 Å². The Balaban J connectivity index is 1.90. The topological polar surface area (TPSA) is 50.5 Å². The van der Waals surface area contributed by atoms with Gasteiger partial charge in [-0.3, -0.25) is 4.90 Å². The zero-order valence-corrected chi connectivity index (χ0v) is 15.1. The van der Waals surface area contributed by atoms with Crippen molar-refractivity contribution in [3.63, 3.8) is 0 Å². The maximum atomic E-state index is 9.94. The summed E-state index contributed by atoms with van der Waals surface area (Å²) in [6.45, 7) is 10.6. The van der Waals surface area contributed by atoms with Crippen LogP contribution in [-0.2, 0) is 5.41 Å². The van der Waals surface area contributed by atoms with Gasteiger partial charge in [0, 0.05) is 32.7 Å². The summed E-state index contributed by atoms with van der Waals surface area (Å²) in [5, 5.41) is 19.0. The monoisotopic (exact) mass is 329 g/mol. The standard InChI is InChI=1S/C20H31N3O/c1-18(2)20(17-21,19-7-4-3-5-8-19)9-6-10-22-11-13-23(14-12-22)15-16-24/h3-5,7-8,18,24H,6,9-16H2,1-2H3. The Morgan fingerprint density at radius 1 is 1.08 bits per heavy atom. The van der Waals surface area contributed by atoms with Gasteiger partial charge < -0.3 is 10.0 Å². The van der Waals surface area contributed by atoms with E-state index in [4.69, 9.17) is 5.11 Å². The normalized spacial score (nSPS) is 19.1. The number of hydrogen-bond acceptors (Lipinski definition) is 4. The molecule has 1 aromatic carbocycles. The molecule has 1 aliphatic heterocycles. The van der Waals surface area contributed by atoms with Gasteiger partial charge in [0.25, 0.3) is 0 Å². The summed E-state index contributed by atoms with van der Waals surface area (Å²) in [7, 11) is 0. The van der Waals surface area contributed by atoms with Gasteiger partial charge in [0.1, 0.15) is 0 Å². The van der Waals surface area contributed by atoms with Gasteiger partial charge in [-0.2, -0.15) is 5.26 Å². The second-order valence-corrected chi connectivity index (χ2v) is 7.11. The summed E-state index contributed by atoms with van der Waals surface area (Å²) >= 11 is 0. The van der Waals surface area contributed by atoms with E-state index in [1.54, 1.807) is 0 Å². The minimum Gasteiger partial charge on any atom is -0.395 e.